The average Bonchev–Trinajstić information content (AvgIpc) is 2.54. The molecule has 0 bridgehead atoms. The SMILES string of the molecule is CCCSc1nc2c(c(=O)[nH]1)C(c1ccc(C)c(N)c1)CC(=O)N2. The van der Waals surface area contributed by atoms with E-state index >= 15 is 0 Å². The summed E-state index contributed by atoms with van der Waals surface area (Å²) in [4.78, 5) is 31.9. The van der Waals surface area contributed by atoms with Crippen LogP contribution in [0, 0.1) is 6.92 Å². The van der Waals surface area contributed by atoms with Crippen LogP contribution < -0.4 is 16.6 Å². The lowest BCUT2D eigenvalue weighted by atomic mass is 9.86. The van der Waals surface area contributed by atoms with Crippen LogP contribution in [0.3, 0.4) is 0 Å². The Bertz CT molecular complexity index is 847. The average molecular weight is 344 g/mol. The largest absolute Gasteiger partial charge is 0.399 e. The van der Waals surface area contributed by atoms with E-state index in [4.69, 9.17) is 5.73 Å². The van der Waals surface area contributed by atoms with Crippen LogP contribution in [0.4, 0.5) is 11.5 Å². The standard InChI is InChI=1S/C17H20N4O2S/c1-3-6-24-17-20-15-14(16(23)21-17)11(8-13(22)19-15)10-5-4-9(2)12(18)7-10/h4-5,7,11H,3,6,8,18H2,1-2H3,(H2,19,20,21,22,23). The Kier molecular flexibility index (Phi) is 4.62. The molecule has 24 heavy (non-hydrogen) atoms. The molecule has 0 spiro atoms. The molecule has 0 saturated heterocycles. The van der Waals surface area contributed by atoms with Gasteiger partial charge in [0.15, 0.2) is 5.16 Å². The van der Waals surface area contributed by atoms with Gasteiger partial charge in [-0.15, -0.1) is 0 Å². The Morgan fingerprint density at radius 3 is 2.88 bits per heavy atom. The first kappa shape index (κ1) is 16.6. The number of H-pyrrole nitrogens is 1. The van der Waals surface area contributed by atoms with Crippen LogP contribution >= 0.6 is 11.8 Å². The summed E-state index contributed by atoms with van der Waals surface area (Å²) < 4.78 is 0. The van der Waals surface area contributed by atoms with Gasteiger partial charge >= 0.3 is 0 Å². The molecule has 1 aliphatic rings. The van der Waals surface area contributed by atoms with E-state index in [0.29, 0.717) is 22.2 Å². The number of nitrogen functional groups attached to an aromatic ring is 1. The number of aromatic amines is 1. The van der Waals surface area contributed by atoms with Crippen LogP contribution in [0.15, 0.2) is 28.2 Å². The van der Waals surface area contributed by atoms with Gasteiger partial charge in [0, 0.05) is 23.8 Å². The molecular formula is C17H20N4O2S. The molecular weight excluding hydrogens is 324 g/mol. The molecule has 1 atom stereocenters. The molecule has 1 aliphatic heterocycles. The van der Waals surface area contributed by atoms with Crippen LogP contribution in [-0.2, 0) is 4.79 Å². The van der Waals surface area contributed by atoms with Crippen molar-refractivity contribution >= 4 is 29.2 Å². The minimum absolute atomic E-state index is 0.142. The molecule has 0 fully saturated rings. The minimum Gasteiger partial charge on any atom is -0.399 e. The van der Waals surface area contributed by atoms with Crippen molar-refractivity contribution in [2.24, 2.45) is 0 Å². The van der Waals surface area contributed by atoms with E-state index < -0.39 is 0 Å². The number of nitrogens with zero attached hydrogens (tertiary/aromatic N) is 1. The highest BCUT2D eigenvalue weighted by atomic mass is 32.2. The van der Waals surface area contributed by atoms with E-state index in [1.165, 1.54) is 11.8 Å². The topological polar surface area (TPSA) is 101 Å². The highest BCUT2D eigenvalue weighted by Gasteiger charge is 2.31. The maximum atomic E-state index is 12.6. The Morgan fingerprint density at radius 1 is 1.38 bits per heavy atom. The smallest absolute Gasteiger partial charge is 0.257 e. The zero-order valence-corrected chi connectivity index (χ0v) is 14.5. The lowest BCUT2D eigenvalue weighted by molar-refractivity contribution is -0.116. The number of amides is 1. The molecule has 6 nitrogen and oxygen atoms in total. The first-order valence-corrected chi connectivity index (χ1v) is 8.91. The summed E-state index contributed by atoms with van der Waals surface area (Å²) in [6.07, 6.45) is 1.19. The molecule has 2 heterocycles. The van der Waals surface area contributed by atoms with Crippen molar-refractivity contribution in [3.05, 3.63) is 45.2 Å². The van der Waals surface area contributed by atoms with Crippen LogP contribution in [0.5, 0.6) is 0 Å². The summed E-state index contributed by atoms with van der Waals surface area (Å²) in [6, 6.07) is 5.66. The number of aromatic nitrogens is 2. The molecule has 0 saturated carbocycles. The Morgan fingerprint density at radius 2 is 2.17 bits per heavy atom. The molecule has 1 unspecified atom stereocenters. The van der Waals surface area contributed by atoms with Gasteiger partial charge in [0.1, 0.15) is 5.82 Å². The molecule has 126 valence electrons. The number of aryl methyl sites for hydroxylation is 1. The molecule has 0 aliphatic carbocycles. The number of fused-ring (bicyclic) bond motifs is 1. The highest BCUT2D eigenvalue weighted by molar-refractivity contribution is 7.99. The number of carbonyl (C=O) groups is 1. The first-order valence-electron chi connectivity index (χ1n) is 7.92. The normalized spacial score (nSPS) is 16.6. The van der Waals surface area contributed by atoms with Gasteiger partial charge in [0.25, 0.3) is 5.56 Å². The number of carbonyl (C=O) groups excluding carboxylic acids is 1. The van der Waals surface area contributed by atoms with Gasteiger partial charge in [-0.25, -0.2) is 4.98 Å². The van der Waals surface area contributed by atoms with Gasteiger partial charge < -0.3 is 16.0 Å². The van der Waals surface area contributed by atoms with Gasteiger partial charge in [0.05, 0.1) is 5.56 Å². The number of thioether (sulfide) groups is 1. The fraction of sp³-hybridized carbons (Fsp3) is 0.353. The number of nitrogens with one attached hydrogen (secondary N) is 2. The van der Waals surface area contributed by atoms with Crippen molar-refractivity contribution in [1.29, 1.82) is 0 Å². The Balaban J connectivity index is 2.07. The number of benzene rings is 1. The molecule has 3 rings (SSSR count). The summed E-state index contributed by atoms with van der Waals surface area (Å²) in [5, 5.41) is 3.26. The molecule has 0 radical (unpaired) electrons. The minimum atomic E-state index is -0.335. The second-order valence-electron chi connectivity index (χ2n) is 5.90. The molecule has 4 N–H and O–H groups in total. The molecule has 1 amide bonds. The predicted octanol–water partition coefficient (Wildman–Crippen LogP) is 2.64. The summed E-state index contributed by atoms with van der Waals surface area (Å²) in [5.41, 5.74) is 8.77. The van der Waals surface area contributed by atoms with Gasteiger partial charge in [0.2, 0.25) is 5.91 Å². The monoisotopic (exact) mass is 344 g/mol. The fourth-order valence-corrected chi connectivity index (χ4v) is 3.50. The summed E-state index contributed by atoms with van der Waals surface area (Å²) in [7, 11) is 0. The second kappa shape index (κ2) is 6.68. The summed E-state index contributed by atoms with van der Waals surface area (Å²) in [6.45, 7) is 3.98. The number of hydrogen-bond donors (Lipinski definition) is 3. The Labute approximate surface area is 144 Å². The van der Waals surface area contributed by atoms with E-state index in [2.05, 4.69) is 22.2 Å². The summed E-state index contributed by atoms with van der Waals surface area (Å²) in [5.74, 6) is 0.736. The fourth-order valence-electron chi connectivity index (χ4n) is 2.78. The predicted molar refractivity (Wildman–Crippen MR) is 96.6 cm³/mol. The van der Waals surface area contributed by atoms with Gasteiger partial charge in [-0.1, -0.05) is 30.8 Å². The van der Waals surface area contributed by atoms with E-state index in [1.54, 1.807) is 0 Å². The van der Waals surface area contributed by atoms with Crippen molar-refractivity contribution in [3.63, 3.8) is 0 Å². The van der Waals surface area contributed by atoms with Crippen LogP contribution in [0.25, 0.3) is 0 Å². The van der Waals surface area contributed by atoms with Crippen molar-refractivity contribution in [2.75, 3.05) is 16.8 Å². The third-order valence-electron chi connectivity index (χ3n) is 4.08. The third kappa shape index (κ3) is 3.17. The third-order valence-corrected chi connectivity index (χ3v) is 5.16. The lowest BCUT2D eigenvalue weighted by Crippen LogP contribution is -2.31. The van der Waals surface area contributed by atoms with Gasteiger partial charge in [-0.05, 0) is 30.5 Å². The maximum Gasteiger partial charge on any atom is 0.257 e. The number of hydrogen-bond acceptors (Lipinski definition) is 5. The van der Waals surface area contributed by atoms with Gasteiger partial charge in [-0.2, -0.15) is 0 Å². The molecule has 1 aromatic carbocycles. The zero-order chi connectivity index (χ0) is 17.3. The maximum absolute atomic E-state index is 12.6. The molecule has 1 aromatic heterocycles. The van der Waals surface area contributed by atoms with Crippen LogP contribution in [0.1, 0.15) is 42.4 Å². The van der Waals surface area contributed by atoms with E-state index in [9.17, 15) is 9.59 Å². The van der Waals surface area contributed by atoms with Crippen LogP contribution in [0.2, 0.25) is 0 Å². The molecule has 2 aromatic rings. The van der Waals surface area contributed by atoms with E-state index in [1.807, 2.05) is 25.1 Å². The first-order chi connectivity index (χ1) is 11.5. The van der Waals surface area contributed by atoms with E-state index in [0.717, 1.165) is 23.3 Å². The second-order valence-corrected chi connectivity index (χ2v) is 6.99. The highest BCUT2D eigenvalue weighted by Crippen LogP contribution is 2.35. The van der Waals surface area contributed by atoms with Crippen molar-refractivity contribution in [2.45, 2.75) is 37.8 Å². The van der Waals surface area contributed by atoms with E-state index in [-0.39, 0.29) is 23.8 Å². The Hall–Kier alpha value is -2.28. The number of nitrogens with two attached hydrogens (primary N) is 1. The quantitative estimate of drug-likeness (QED) is 0.450. The van der Waals surface area contributed by atoms with Crippen molar-refractivity contribution < 1.29 is 4.79 Å². The zero-order valence-electron chi connectivity index (χ0n) is 13.7. The van der Waals surface area contributed by atoms with Crippen molar-refractivity contribution in [1.82, 2.24) is 9.97 Å². The number of anilines is 2. The molecule has 7 heteroatoms. The van der Waals surface area contributed by atoms with Gasteiger partial charge in [-0.3, -0.25) is 9.59 Å². The lowest BCUT2D eigenvalue weighted by Gasteiger charge is -2.25. The van der Waals surface area contributed by atoms with Crippen molar-refractivity contribution in [3.8, 4) is 0 Å². The van der Waals surface area contributed by atoms with Crippen LogP contribution in [-0.4, -0.2) is 21.6 Å². The number of rotatable bonds is 4. The summed E-state index contributed by atoms with van der Waals surface area (Å²) >= 11 is 1.47.